The van der Waals surface area contributed by atoms with Crippen molar-refractivity contribution in [3.8, 4) is 5.75 Å². The molecule has 3 rings (SSSR count). The molecule has 0 heterocycles. The molecule has 0 amide bonds. The number of para-hydroxylation sites is 1. The van der Waals surface area contributed by atoms with E-state index in [1.54, 1.807) is 23.5 Å². The normalized spacial score (nSPS) is 11.7. The predicted molar refractivity (Wildman–Crippen MR) is 124 cm³/mol. The highest BCUT2D eigenvalue weighted by Crippen LogP contribution is 2.21. The van der Waals surface area contributed by atoms with Crippen LogP contribution in [0.3, 0.4) is 0 Å². The number of nitrogens with zero attached hydrogens (tertiary/aromatic N) is 1. The highest BCUT2D eigenvalue weighted by Gasteiger charge is 2.00. The summed E-state index contributed by atoms with van der Waals surface area (Å²) in [6.07, 6.45) is 2.07. The zero-order valence-corrected chi connectivity index (χ0v) is 17.5. The molecule has 0 saturated heterocycles. The van der Waals surface area contributed by atoms with Crippen molar-refractivity contribution in [2.45, 2.75) is 11.8 Å². The van der Waals surface area contributed by atoms with Gasteiger partial charge in [-0.25, -0.2) is 4.99 Å². The van der Waals surface area contributed by atoms with Gasteiger partial charge in [-0.1, -0.05) is 65.9 Å². The molecular formula is C24H23NOS2. The van der Waals surface area contributed by atoms with Crippen LogP contribution in [0.25, 0.3) is 0 Å². The summed E-state index contributed by atoms with van der Waals surface area (Å²) in [6.45, 7) is 2.72. The number of benzene rings is 3. The average molecular weight is 406 g/mol. The lowest BCUT2D eigenvalue weighted by Crippen LogP contribution is -2.02. The monoisotopic (exact) mass is 405 g/mol. The molecule has 0 aliphatic heterocycles. The number of rotatable bonds is 8. The lowest BCUT2D eigenvalue weighted by atomic mass is 10.2. The second kappa shape index (κ2) is 11.4. The van der Waals surface area contributed by atoms with E-state index in [2.05, 4.69) is 54.8 Å². The molecule has 0 bridgehead atoms. The Morgan fingerprint density at radius 2 is 1.57 bits per heavy atom. The number of hydrogen-bond acceptors (Lipinski definition) is 4. The molecule has 4 heteroatoms. The van der Waals surface area contributed by atoms with E-state index in [4.69, 9.17) is 9.73 Å². The van der Waals surface area contributed by atoms with Gasteiger partial charge in [0.1, 0.15) is 5.75 Å². The van der Waals surface area contributed by atoms with E-state index in [9.17, 15) is 0 Å². The SMILES string of the molecule is Cc1ccc(N=C(C=CSc2ccccc2)SCCOc2ccccc2)cc1. The quantitative estimate of drug-likeness (QED) is 0.172. The Balaban J connectivity index is 1.60. The van der Waals surface area contributed by atoms with Crippen molar-refractivity contribution in [2.75, 3.05) is 12.4 Å². The molecule has 0 spiro atoms. The fraction of sp³-hybridized carbons (Fsp3) is 0.125. The molecule has 2 nitrogen and oxygen atoms in total. The molecule has 0 aliphatic carbocycles. The van der Waals surface area contributed by atoms with Gasteiger partial charge >= 0.3 is 0 Å². The fourth-order valence-electron chi connectivity index (χ4n) is 2.36. The van der Waals surface area contributed by atoms with E-state index < -0.39 is 0 Å². The van der Waals surface area contributed by atoms with E-state index in [0.29, 0.717) is 6.61 Å². The third-order valence-corrected chi connectivity index (χ3v) is 5.49. The number of thioether (sulfide) groups is 2. The van der Waals surface area contributed by atoms with Gasteiger partial charge in [-0.15, -0.1) is 11.8 Å². The maximum Gasteiger partial charge on any atom is 0.119 e. The van der Waals surface area contributed by atoms with Crippen LogP contribution in [-0.4, -0.2) is 17.4 Å². The van der Waals surface area contributed by atoms with Crippen molar-refractivity contribution in [3.05, 3.63) is 102 Å². The Morgan fingerprint density at radius 1 is 0.893 bits per heavy atom. The Kier molecular flexibility index (Phi) is 8.28. The first-order valence-corrected chi connectivity index (χ1v) is 11.0. The van der Waals surface area contributed by atoms with E-state index >= 15 is 0 Å². The summed E-state index contributed by atoms with van der Waals surface area (Å²) >= 11 is 3.39. The summed E-state index contributed by atoms with van der Waals surface area (Å²) in [5.74, 6) is 1.73. The summed E-state index contributed by atoms with van der Waals surface area (Å²) in [4.78, 5) is 6.01. The summed E-state index contributed by atoms with van der Waals surface area (Å²) < 4.78 is 5.79. The first-order chi connectivity index (χ1) is 13.8. The minimum Gasteiger partial charge on any atom is -0.493 e. The average Bonchev–Trinajstić information content (AvgIpc) is 2.74. The van der Waals surface area contributed by atoms with Crippen molar-refractivity contribution in [1.82, 2.24) is 0 Å². The van der Waals surface area contributed by atoms with Crippen LogP contribution < -0.4 is 4.74 Å². The van der Waals surface area contributed by atoms with Gasteiger partial charge in [-0.2, -0.15) is 0 Å². The molecule has 0 aromatic heterocycles. The van der Waals surface area contributed by atoms with Crippen LogP contribution in [0, 0.1) is 6.92 Å². The number of aryl methyl sites for hydroxylation is 1. The molecule has 0 radical (unpaired) electrons. The Labute approximate surface area is 175 Å². The minimum absolute atomic E-state index is 0.640. The van der Waals surface area contributed by atoms with Gasteiger partial charge < -0.3 is 4.74 Å². The van der Waals surface area contributed by atoms with Gasteiger partial charge in [0.25, 0.3) is 0 Å². The van der Waals surface area contributed by atoms with Gasteiger partial charge in [-0.3, -0.25) is 0 Å². The zero-order chi connectivity index (χ0) is 19.4. The molecule has 28 heavy (non-hydrogen) atoms. The highest BCUT2D eigenvalue weighted by atomic mass is 32.2. The van der Waals surface area contributed by atoms with Crippen LogP contribution in [-0.2, 0) is 0 Å². The molecule has 3 aromatic carbocycles. The number of aliphatic imine (C=N–C) groups is 1. The lowest BCUT2D eigenvalue weighted by molar-refractivity contribution is 0.344. The van der Waals surface area contributed by atoms with Gasteiger partial charge in [0.2, 0.25) is 0 Å². The van der Waals surface area contributed by atoms with Crippen LogP contribution in [0.2, 0.25) is 0 Å². The molecule has 0 atom stereocenters. The largest absolute Gasteiger partial charge is 0.493 e. The molecule has 3 aromatic rings. The van der Waals surface area contributed by atoms with Crippen LogP contribution in [0.1, 0.15) is 5.56 Å². The van der Waals surface area contributed by atoms with Crippen molar-refractivity contribution in [1.29, 1.82) is 0 Å². The van der Waals surface area contributed by atoms with E-state index in [-0.39, 0.29) is 0 Å². The maximum absolute atomic E-state index is 5.79. The highest BCUT2D eigenvalue weighted by molar-refractivity contribution is 8.14. The molecule has 0 aliphatic rings. The topological polar surface area (TPSA) is 21.6 Å². The smallest absolute Gasteiger partial charge is 0.119 e. The van der Waals surface area contributed by atoms with Crippen LogP contribution in [0.4, 0.5) is 5.69 Å². The third kappa shape index (κ3) is 7.29. The zero-order valence-electron chi connectivity index (χ0n) is 15.8. The molecule has 0 unspecified atom stereocenters. The Bertz CT molecular complexity index is 891. The van der Waals surface area contributed by atoms with Crippen molar-refractivity contribution in [3.63, 3.8) is 0 Å². The van der Waals surface area contributed by atoms with Crippen LogP contribution in [0.5, 0.6) is 5.75 Å². The molecular weight excluding hydrogens is 382 g/mol. The van der Waals surface area contributed by atoms with Gasteiger partial charge in [-0.05, 0) is 54.8 Å². The van der Waals surface area contributed by atoms with Crippen LogP contribution in [0.15, 0.2) is 106 Å². The summed E-state index contributed by atoms with van der Waals surface area (Å²) in [5, 5.41) is 3.07. The first-order valence-electron chi connectivity index (χ1n) is 9.14. The van der Waals surface area contributed by atoms with Gasteiger partial charge in [0, 0.05) is 10.6 Å². The predicted octanol–water partition coefficient (Wildman–Crippen LogP) is 7.14. The van der Waals surface area contributed by atoms with E-state index in [0.717, 1.165) is 22.2 Å². The molecule has 142 valence electrons. The summed E-state index contributed by atoms with van der Waals surface area (Å²) in [6, 6.07) is 28.5. The van der Waals surface area contributed by atoms with Crippen molar-refractivity contribution < 1.29 is 4.74 Å². The number of ether oxygens (including phenoxy) is 1. The minimum atomic E-state index is 0.640. The second-order valence-electron chi connectivity index (χ2n) is 6.03. The first kappa shape index (κ1) is 20.3. The third-order valence-electron chi connectivity index (χ3n) is 3.78. The summed E-state index contributed by atoms with van der Waals surface area (Å²) in [5.41, 5.74) is 2.20. The van der Waals surface area contributed by atoms with Crippen LogP contribution >= 0.6 is 23.5 Å². The fourth-order valence-corrected chi connectivity index (χ4v) is 3.82. The molecule has 0 fully saturated rings. The number of hydrogen-bond donors (Lipinski definition) is 0. The second-order valence-corrected chi connectivity index (χ2v) is 8.12. The Hall–Kier alpha value is -2.43. The standard InChI is InChI=1S/C24H23NOS2/c1-20-12-14-21(15-13-20)25-24(16-18-27-23-10-6-3-7-11-23)28-19-17-26-22-8-4-2-5-9-22/h2-16,18H,17,19H2,1H3. The van der Waals surface area contributed by atoms with Gasteiger partial charge in [0.05, 0.1) is 17.3 Å². The molecule has 0 N–H and O–H groups in total. The summed E-state index contributed by atoms with van der Waals surface area (Å²) in [7, 11) is 0. The van der Waals surface area contributed by atoms with Crippen molar-refractivity contribution in [2.24, 2.45) is 4.99 Å². The lowest BCUT2D eigenvalue weighted by Gasteiger charge is -2.06. The van der Waals surface area contributed by atoms with Gasteiger partial charge in [0.15, 0.2) is 0 Å². The van der Waals surface area contributed by atoms with E-state index in [1.165, 1.54) is 10.5 Å². The maximum atomic E-state index is 5.79. The Morgan fingerprint density at radius 3 is 2.29 bits per heavy atom. The van der Waals surface area contributed by atoms with Crippen molar-refractivity contribution >= 4 is 34.3 Å². The van der Waals surface area contributed by atoms with E-state index in [1.807, 2.05) is 48.5 Å². The molecule has 0 saturated carbocycles.